The number of amides is 3. The first-order chi connectivity index (χ1) is 19.6. The molecule has 0 spiro atoms. The highest BCUT2D eigenvalue weighted by atomic mass is 35.5. The molecule has 2 aromatic rings. The Kier molecular flexibility index (Phi) is 8.73. The van der Waals surface area contributed by atoms with Gasteiger partial charge in [-0.3, -0.25) is 14.6 Å². The minimum absolute atomic E-state index is 0.0263. The summed E-state index contributed by atoms with van der Waals surface area (Å²) in [6.45, 7) is 12.4. The van der Waals surface area contributed by atoms with Crippen LogP contribution in [0.25, 0.3) is 10.9 Å². The van der Waals surface area contributed by atoms with Crippen LogP contribution in [0.4, 0.5) is 4.79 Å². The van der Waals surface area contributed by atoms with Gasteiger partial charge < -0.3 is 30.1 Å². The fourth-order valence-corrected chi connectivity index (χ4v) is 5.36. The number of carbonyl (C=O) groups is 4. The zero-order chi connectivity index (χ0) is 31.0. The molecule has 2 heterocycles. The highest BCUT2D eigenvalue weighted by Gasteiger charge is 2.61. The van der Waals surface area contributed by atoms with Gasteiger partial charge in [-0.25, -0.2) is 9.59 Å². The predicted molar refractivity (Wildman–Crippen MR) is 156 cm³/mol. The number of alkyl carbamates (subject to hydrolysis) is 1. The molecule has 1 saturated heterocycles. The Morgan fingerprint density at radius 1 is 1.24 bits per heavy atom. The van der Waals surface area contributed by atoms with Crippen LogP contribution >= 0.6 is 11.6 Å². The van der Waals surface area contributed by atoms with Gasteiger partial charge >= 0.3 is 12.1 Å². The van der Waals surface area contributed by atoms with Gasteiger partial charge in [-0.05, 0) is 57.4 Å². The second-order valence-electron chi connectivity index (χ2n) is 12.1. The quantitative estimate of drug-likeness (QED) is 0.367. The van der Waals surface area contributed by atoms with E-state index in [0.29, 0.717) is 21.7 Å². The van der Waals surface area contributed by atoms with Crippen LogP contribution in [0, 0.1) is 11.8 Å². The Balaban J connectivity index is 1.62. The van der Waals surface area contributed by atoms with E-state index < -0.39 is 59.1 Å². The van der Waals surface area contributed by atoms with Gasteiger partial charge in [-0.15, -0.1) is 6.58 Å². The number of benzene rings is 1. The normalized spacial score (nSPS) is 24.2. The van der Waals surface area contributed by atoms with Crippen molar-refractivity contribution in [2.45, 2.75) is 76.8 Å². The number of rotatable bonds is 9. The number of nitrogens with zero attached hydrogens (tertiary/aromatic N) is 2. The number of carboxylic acids is 1. The first kappa shape index (κ1) is 31.1. The van der Waals surface area contributed by atoms with Crippen LogP contribution in [-0.2, 0) is 19.1 Å². The lowest BCUT2D eigenvalue weighted by Crippen LogP contribution is -2.57. The van der Waals surface area contributed by atoms with Gasteiger partial charge in [-0.2, -0.15) is 0 Å². The number of halogens is 1. The lowest BCUT2D eigenvalue weighted by atomic mass is 10.0. The molecule has 2 fully saturated rings. The highest BCUT2D eigenvalue weighted by molar-refractivity contribution is 6.31. The molecule has 0 radical (unpaired) electrons. The molecule has 0 bridgehead atoms. The van der Waals surface area contributed by atoms with Crippen LogP contribution in [0.3, 0.4) is 0 Å². The van der Waals surface area contributed by atoms with Crippen molar-refractivity contribution < 1.29 is 33.8 Å². The van der Waals surface area contributed by atoms with Gasteiger partial charge in [0.2, 0.25) is 11.8 Å². The van der Waals surface area contributed by atoms with Crippen LogP contribution in [-0.4, -0.2) is 74.7 Å². The maximum atomic E-state index is 13.9. The summed E-state index contributed by atoms with van der Waals surface area (Å²) in [6, 6.07) is 4.83. The number of likely N-dealkylation sites (tertiary alicyclic amines) is 1. The average Bonchev–Trinajstić information content (AvgIpc) is 3.45. The fourth-order valence-electron chi connectivity index (χ4n) is 5.20. The van der Waals surface area contributed by atoms with Crippen LogP contribution in [0.2, 0.25) is 5.02 Å². The van der Waals surface area contributed by atoms with Gasteiger partial charge in [-0.1, -0.05) is 31.5 Å². The van der Waals surface area contributed by atoms with Crippen molar-refractivity contribution in [2.24, 2.45) is 11.8 Å². The summed E-state index contributed by atoms with van der Waals surface area (Å²) in [5.74, 6) is -2.57. The number of fused-ring (bicyclic) bond motifs is 1. The third-order valence-corrected chi connectivity index (χ3v) is 7.67. The van der Waals surface area contributed by atoms with Gasteiger partial charge in [0.25, 0.3) is 0 Å². The van der Waals surface area contributed by atoms with Crippen molar-refractivity contribution in [1.82, 2.24) is 20.5 Å². The molecule has 1 aliphatic carbocycles. The molecule has 4 rings (SSSR count). The minimum atomic E-state index is -1.47. The molecular formula is C30H37ClN4O7. The van der Waals surface area contributed by atoms with E-state index in [4.69, 9.17) is 21.1 Å². The summed E-state index contributed by atoms with van der Waals surface area (Å²) < 4.78 is 11.7. The number of carboxylic acid groups (broad SMARTS) is 1. The number of aliphatic carboxylic acids is 1. The number of ether oxygens (including phenoxy) is 2. The molecule has 3 N–H and O–H groups in total. The maximum Gasteiger partial charge on any atom is 0.408 e. The van der Waals surface area contributed by atoms with Crippen LogP contribution in [0.5, 0.6) is 5.75 Å². The summed E-state index contributed by atoms with van der Waals surface area (Å²) in [5, 5.41) is 16.4. The largest absolute Gasteiger partial charge is 0.488 e. The molecule has 3 amide bonds. The molecule has 226 valence electrons. The lowest BCUT2D eigenvalue weighted by molar-refractivity contribution is -0.146. The van der Waals surface area contributed by atoms with E-state index in [9.17, 15) is 24.3 Å². The van der Waals surface area contributed by atoms with Crippen molar-refractivity contribution in [3.63, 3.8) is 0 Å². The maximum absolute atomic E-state index is 13.9. The second-order valence-corrected chi connectivity index (χ2v) is 12.6. The van der Waals surface area contributed by atoms with Crippen molar-refractivity contribution in [3.05, 3.63) is 48.1 Å². The van der Waals surface area contributed by atoms with Crippen molar-refractivity contribution in [1.29, 1.82) is 0 Å². The minimum Gasteiger partial charge on any atom is -0.488 e. The Bertz CT molecular complexity index is 1410. The molecule has 12 heteroatoms. The Hall–Kier alpha value is -3.86. The summed E-state index contributed by atoms with van der Waals surface area (Å²) in [7, 11) is 0. The third-order valence-electron chi connectivity index (χ3n) is 7.44. The molecular weight excluding hydrogens is 564 g/mol. The van der Waals surface area contributed by atoms with Crippen molar-refractivity contribution >= 4 is 46.4 Å². The number of carbonyl (C=O) groups excluding carboxylic acids is 3. The first-order valence-corrected chi connectivity index (χ1v) is 14.2. The van der Waals surface area contributed by atoms with Gasteiger partial charge in [0, 0.05) is 28.9 Å². The monoisotopic (exact) mass is 600 g/mol. The van der Waals surface area contributed by atoms with E-state index in [0.717, 1.165) is 0 Å². The third kappa shape index (κ3) is 6.61. The van der Waals surface area contributed by atoms with Gasteiger partial charge in [0.05, 0.1) is 12.1 Å². The van der Waals surface area contributed by atoms with E-state index >= 15 is 0 Å². The smallest absolute Gasteiger partial charge is 0.408 e. The van der Waals surface area contributed by atoms with E-state index in [2.05, 4.69) is 22.2 Å². The van der Waals surface area contributed by atoms with E-state index in [1.807, 2.05) is 0 Å². The van der Waals surface area contributed by atoms with Crippen molar-refractivity contribution in [3.8, 4) is 5.75 Å². The Morgan fingerprint density at radius 3 is 2.55 bits per heavy atom. The zero-order valence-electron chi connectivity index (χ0n) is 24.3. The molecule has 2 aliphatic rings. The number of aromatic nitrogens is 1. The summed E-state index contributed by atoms with van der Waals surface area (Å²) in [5.41, 5.74) is -1.63. The van der Waals surface area contributed by atoms with Crippen LogP contribution in [0.15, 0.2) is 43.1 Å². The standard InChI is InChI=1S/C30H37ClN4O7/c1-7-17-14-30(17,27(38)39)34-25(36)22-13-19(41-23-10-11-32-21-12-18(31)8-9-20(21)23)15-35(22)26(37)24(16(2)3)33-28(40)42-29(4,5)6/h7-12,16-17,19,22,24H,1,13-15H2,2-6H3,(H,33,40)(H,34,36)(H,38,39)/t17-,19+,22-,24-,30?/m0/s1. The number of hydrogen-bond donors (Lipinski definition) is 3. The first-order valence-electron chi connectivity index (χ1n) is 13.8. The summed E-state index contributed by atoms with van der Waals surface area (Å²) in [4.78, 5) is 57.9. The number of pyridine rings is 1. The molecule has 1 unspecified atom stereocenters. The van der Waals surface area contributed by atoms with E-state index in [-0.39, 0.29) is 25.3 Å². The summed E-state index contributed by atoms with van der Waals surface area (Å²) >= 11 is 6.12. The average molecular weight is 601 g/mol. The SMILES string of the molecule is C=C[C@H]1CC1(NC(=O)[C@@H]1C[C@@H](Oc2ccnc3cc(Cl)ccc23)CN1C(=O)[C@@H](NC(=O)OC(C)(C)C)C(C)C)C(=O)O. The molecule has 1 saturated carbocycles. The Labute approximate surface area is 249 Å². The van der Waals surface area contributed by atoms with Gasteiger partial charge in [0.1, 0.15) is 35.1 Å². The second kappa shape index (κ2) is 11.8. The highest BCUT2D eigenvalue weighted by Crippen LogP contribution is 2.45. The van der Waals surface area contributed by atoms with Crippen molar-refractivity contribution in [2.75, 3.05) is 6.54 Å². The van der Waals surface area contributed by atoms with Gasteiger partial charge in [0.15, 0.2) is 0 Å². The van der Waals surface area contributed by atoms with Crippen LogP contribution < -0.4 is 15.4 Å². The molecule has 5 atom stereocenters. The Morgan fingerprint density at radius 2 is 1.95 bits per heavy atom. The fraction of sp³-hybridized carbons (Fsp3) is 0.500. The molecule has 11 nitrogen and oxygen atoms in total. The molecule has 1 aromatic heterocycles. The predicted octanol–water partition coefficient (Wildman–Crippen LogP) is 3.93. The lowest BCUT2D eigenvalue weighted by Gasteiger charge is -2.31. The summed E-state index contributed by atoms with van der Waals surface area (Å²) in [6.07, 6.45) is 2.00. The molecule has 1 aromatic carbocycles. The topological polar surface area (TPSA) is 147 Å². The zero-order valence-corrected chi connectivity index (χ0v) is 25.1. The number of hydrogen-bond acceptors (Lipinski definition) is 7. The van der Waals surface area contributed by atoms with E-state index in [1.54, 1.807) is 65.1 Å². The van der Waals surface area contributed by atoms with Crippen LogP contribution in [0.1, 0.15) is 47.5 Å². The van der Waals surface area contributed by atoms with E-state index in [1.165, 1.54) is 11.0 Å². The molecule has 1 aliphatic heterocycles. The molecule has 42 heavy (non-hydrogen) atoms. The number of nitrogens with one attached hydrogen (secondary N) is 2.